The molecule has 0 saturated heterocycles. The van der Waals surface area contributed by atoms with E-state index in [1.807, 2.05) is 36.4 Å². The van der Waals surface area contributed by atoms with Crippen molar-refractivity contribution in [1.82, 2.24) is 15.0 Å². The van der Waals surface area contributed by atoms with Gasteiger partial charge >= 0.3 is 0 Å². The summed E-state index contributed by atoms with van der Waals surface area (Å²) in [4.78, 5) is 13.1. The van der Waals surface area contributed by atoms with Gasteiger partial charge in [0.25, 0.3) is 0 Å². The molecule has 4 rings (SSSR count). The van der Waals surface area contributed by atoms with E-state index in [1.54, 1.807) is 37.8 Å². The molecule has 0 aliphatic heterocycles. The number of hydrogen-bond donors (Lipinski definition) is 3. The normalized spacial score (nSPS) is 10.9. The highest BCUT2D eigenvalue weighted by Gasteiger charge is 2.08. The summed E-state index contributed by atoms with van der Waals surface area (Å²) in [6.45, 7) is 0.405. The van der Waals surface area contributed by atoms with Gasteiger partial charge in [-0.05, 0) is 48.5 Å². The minimum atomic E-state index is 0.226. The number of nitrogens with one attached hydrogen (secondary N) is 3. The fourth-order valence-electron chi connectivity index (χ4n) is 2.71. The first kappa shape index (κ1) is 22.4. The van der Waals surface area contributed by atoms with E-state index in [2.05, 4.69) is 36.1 Å². The van der Waals surface area contributed by atoms with Crippen LogP contribution in [-0.4, -0.2) is 28.3 Å². The molecule has 33 heavy (non-hydrogen) atoms. The van der Waals surface area contributed by atoms with Crippen molar-refractivity contribution in [3.05, 3.63) is 82.2 Å². The Hall–Kier alpha value is -3.82. The van der Waals surface area contributed by atoms with Gasteiger partial charge in [0.15, 0.2) is 0 Å². The maximum absolute atomic E-state index is 6.18. The van der Waals surface area contributed by atoms with Crippen LogP contribution in [0.3, 0.4) is 0 Å². The van der Waals surface area contributed by atoms with Crippen molar-refractivity contribution in [2.24, 2.45) is 5.10 Å². The number of anilines is 4. The van der Waals surface area contributed by atoms with Gasteiger partial charge in [-0.15, -0.1) is 0 Å². The van der Waals surface area contributed by atoms with Crippen molar-refractivity contribution >= 4 is 52.9 Å². The molecule has 0 saturated carbocycles. The van der Waals surface area contributed by atoms with Crippen molar-refractivity contribution in [1.29, 1.82) is 0 Å². The number of nitrogens with zero attached hydrogens (tertiary/aromatic N) is 4. The first-order chi connectivity index (χ1) is 16.1. The Bertz CT molecular complexity index is 1230. The Balaban J connectivity index is 1.53. The summed E-state index contributed by atoms with van der Waals surface area (Å²) in [6.07, 6.45) is 3.15. The van der Waals surface area contributed by atoms with Gasteiger partial charge in [0.05, 0.1) is 31.2 Å². The third-order valence-corrected chi connectivity index (χ3v) is 4.88. The molecule has 0 atom stereocenters. The number of furan rings is 1. The monoisotopic (exact) mass is 483 g/mol. The molecule has 168 valence electrons. The van der Waals surface area contributed by atoms with Gasteiger partial charge in [0.2, 0.25) is 17.8 Å². The highest BCUT2D eigenvalue weighted by atomic mass is 35.5. The van der Waals surface area contributed by atoms with E-state index in [0.29, 0.717) is 34.1 Å². The zero-order valence-corrected chi connectivity index (χ0v) is 18.9. The Morgan fingerprint density at radius 2 is 1.79 bits per heavy atom. The van der Waals surface area contributed by atoms with E-state index in [9.17, 15) is 0 Å². The van der Waals surface area contributed by atoms with E-state index >= 15 is 0 Å². The molecule has 2 aromatic carbocycles. The third-order valence-electron chi connectivity index (χ3n) is 4.31. The number of aromatic nitrogens is 3. The summed E-state index contributed by atoms with van der Waals surface area (Å²) in [6, 6.07) is 16.2. The minimum Gasteiger partial charge on any atom is -0.497 e. The largest absolute Gasteiger partial charge is 0.497 e. The molecule has 2 aromatic heterocycles. The SMILES string of the molecule is COc1ccc(Nc2nc(NCc3ccco3)nc(N/N=C\c3ccc(Cl)cc3Cl)n2)cc1. The van der Waals surface area contributed by atoms with Gasteiger partial charge in [0, 0.05) is 16.3 Å². The molecule has 4 aromatic rings. The molecule has 2 heterocycles. The highest BCUT2D eigenvalue weighted by molar-refractivity contribution is 6.36. The zero-order valence-electron chi connectivity index (χ0n) is 17.4. The van der Waals surface area contributed by atoms with Gasteiger partial charge in [-0.25, -0.2) is 5.43 Å². The molecule has 0 unspecified atom stereocenters. The zero-order chi connectivity index (χ0) is 23.0. The molecular weight excluding hydrogens is 465 g/mol. The van der Waals surface area contributed by atoms with Crippen LogP contribution < -0.4 is 20.8 Å². The lowest BCUT2D eigenvalue weighted by atomic mass is 10.2. The number of methoxy groups -OCH3 is 1. The minimum absolute atomic E-state index is 0.226. The van der Waals surface area contributed by atoms with Crippen molar-refractivity contribution in [3.63, 3.8) is 0 Å². The summed E-state index contributed by atoms with van der Waals surface area (Å²) >= 11 is 12.1. The van der Waals surface area contributed by atoms with Gasteiger partial charge in [0.1, 0.15) is 11.5 Å². The second-order valence-corrected chi connectivity index (χ2v) is 7.47. The molecule has 0 radical (unpaired) electrons. The smallest absolute Gasteiger partial charge is 0.250 e. The third kappa shape index (κ3) is 6.34. The van der Waals surface area contributed by atoms with Crippen LogP contribution in [0.15, 0.2) is 70.4 Å². The van der Waals surface area contributed by atoms with E-state index in [-0.39, 0.29) is 5.95 Å². The molecule has 3 N–H and O–H groups in total. The molecule has 0 aliphatic carbocycles. The average molecular weight is 484 g/mol. The van der Waals surface area contributed by atoms with Gasteiger partial charge in [-0.3, -0.25) is 0 Å². The number of ether oxygens (including phenoxy) is 1. The molecule has 0 bridgehead atoms. The first-order valence-corrected chi connectivity index (χ1v) is 10.5. The molecule has 0 amide bonds. The van der Waals surface area contributed by atoms with Crippen molar-refractivity contribution in [3.8, 4) is 5.75 Å². The number of benzene rings is 2. The summed E-state index contributed by atoms with van der Waals surface area (Å²) in [5, 5.41) is 11.5. The fourth-order valence-corrected chi connectivity index (χ4v) is 3.17. The van der Waals surface area contributed by atoms with Crippen molar-refractivity contribution < 1.29 is 9.15 Å². The fraction of sp³-hybridized carbons (Fsp3) is 0.0909. The molecule has 0 fully saturated rings. The Morgan fingerprint density at radius 1 is 1.00 bits per heavy atom. The van der Waals surface area contributed by atoms with E-state index in [4.69, 9.17) is 32.4 Å². The number of hydrazone groups is 1. The second-order valence-electron chi connectivity index (χ2n) is 6.63. The molecule has 0 spiro atoms. The average Bonchev–Trinajstić information content (AvgIpc) is 3.33. The lowest BCUT2D eigenvalue weighted by Crippen LogP contribution is -2.09. The van der Waals surface area contributed by atoms with Crippen LogP contribution in [-0.2, 0) is 6.54 Å². The first-order valence-electron chi connectivity index (χ1n) is 9.76. The Morgan fingerprint density at radius 3 is 2.52 bits per heavy atom. The van der Waals surface area contributed by atoms with E-state index in [0.717, 1.165) is 17.2 Å². The summed E-state index contributed by atoms with van der Waals surface area (Å²) in [5.41, 5.74) is 4.27. The van der Waals surface area contributed by atoms with Crippen molar-refractivity contribution in [2.75, 3.05) is 23.2 Å². The predicted octanol–water partition coefficient (Wildman–Crippen LogP) is 5.58. The van der Waals surface area contributed by atoms with Crippen LogP contribution in [0.25, 0.3) is 0 Å². The van der Waals surface area contributed by atoms with Crippen LogP contribution in [0.1, 0.15) is 11.3 Å². The van der Waals surface area contributed by atoms with E-state index in [1.165, 1.54) is 0 Å². The maximum Gasteiger partial charge on any atom is 0.250 e. The molecule has 11 heteroatoms. The topological polar surface area (TPSA) is 109 Å². The Kier molecular flexibility index (Phi) is 7.23. The van der Waals surface area contributed by atoms with Crippen molar-refractivity contribution in [2.45, 2.75) is 6.54 Å². The number of rotatable bonds is 9. The quantitative estimate of drug-likeness (QED) is 0.209. The predicted molar refractivity (Wildman–Crippen MR) is 130 cm³/mol. The van der Waals surface area contributed by atoms with E-state index < -0.39 is 0 Å². The highest BCUT2D eigenvalue weighted by Crippen LogP contribution is 2.21. The van der Waals surface area contributed by atoms with Crippen LogP contribution in [0.5, 0.6) is 5.75 Å². The van der Waals surface area contributed by atoms with Crippen LogP contribution >= 0.6 is 23.2 Å². The lowest BCUT2D eigenvalue weighted by molar-refractivity contribution is 0.415. The van der Waals surface area contributed by atoms with Crippen LogP contribution in [0, 0.1) is 0 Å². The maximum atomic E-state index is 6.18. The lowest BCUT2D eigenvalue weighted by Gasteiger charge is -2.10. The summed E-state index contributed by atoms with van der Waals surface area (Å²) in [5.74, 6) is 2.36. The Labute approximate surface area is 199 Å². The van der Waals surface area contributed by atoms with Crippen LogP contribution in [0.2, 0.25) is 10.0 Å². The van der Waals surface area contributed by atoms with Gasteiger partial charge < -0.3 is 19.8 Å². The number of halogens is 2. The standard InChI is InChI=1S/C22H19Cl2N7O2/c1-32-17-8-6-16(7-9-17)27-21-28-20(25-13-18-3-2-10-33-18)29-22(30-21)31-26-12-14-4-5-15(23)11-19(14)24/h2-12H,13H2,1H3,(H3,25,27,28,29,30,31)/b26-12-. The summed E-state index contributed by atoms with van der Waals surface area (Å²) in [7, 11) is 1.61. The van der Waals surface area contributed by atoms with Crippen LogP contribution in [0.4, 0.5) is 23.5 Å². The van der Waals surface area contributed by atoms with Gasteiger partial charge in [-0.1, -0.05) is 29.3 Å². The summed E-state index contributed by atoms with van der Waals surface area (Å²) < 4.78 is 10.5. The second kappa shape index (κ2) is 10.7. The molecule has 9 nitrogen and oxygen atoms in total. The van der Waals surface area contributed by atoms with Gasteiger partial charge in [-0.2, -0.15) is 20.1 Å². The molecular formula is C22H19Cl2N7O2. The molecule has 0 aliphatic rings. The number of hydrogen-bond acceptors (Lipinski definition) is 9.